The summed E-state index contributed by atoms with van der Waals surface area (Å²) in [6, 6.07) is 0. The highest BCUT2D eigenvalue weighted by Gasteiger charge is 2.14. The Morgan fingerprint density at radius 3 is 3.00 bits per heavy atom. The number of rotatable bonds is 3. The molecule has 0 saturated carbocycles. The average Bonchev–Trinajstić information content (AvgIpc) is 2.85. The summed E-state index contributed by atoms with van der Waals surface area (Å²) >= 11 is 0. The number of carbonyl (C=O) groups excluding carboxylic acids is 1. The average molecular weight is 211 g/mol. The minimum absolute atomic E-state index is 0.0350. The molecule has 0 radical (unpaired) electrons. The van der Waals surface area contributed by atoms with Gasteiger partial charge in [-0.25, -0.2) is 0 Å². The molecule has 0 amide bonds. The van der Waals surface area contributed by atoms with E-state index in [1.165, 1.54) is 6.92 Å². The Morgan fingerprint density at radius 1 is 1.47 bits per heavy atom. The molecule has 0 unspecified atom stereocenters. The SMILES string of the molecule is CC(=O)OCc1nc(-c2nnno2)no1. The zero-order valence-electron chi connectivity index (χ0n) is 7.58. The molecule has 2 aromatic heterocycles. The first-order chi connectivity index (χ1) is 7.25. The number of hydrogen-bond donors (Lipinski definition) is 0. The Kier molecular flexibility index (Phi) is 2.35. The summed E-state index contributed by atoms with van der Waals surface area (Å²) in [5.41, 5.74) is 0. The first-order valence-electron chi connectivity index (χ1n) is 3.87. The highest BCUT2D eigenvalue weighted by molar-refractivity contribution is 5.65. The highest BCUT2D eigenvalue weighted by atomic mass is 16.6. The number of hydrogen-bond acceptors (Lipinski definition) is 9. The molecule has 0 bridgehead atoms. The van der Waals surface area contributed by atoms with Gasteiger partial charge in [-0.3, -0.25) is 4.79 Å². The van der Waals surface area contributed by atoms with Gasteiger partial charge in [0.1, 0.15) is 0 Å². The molecule has 9 nitrogen and oxygen atoms in total. The molecule has 78 valence electrons. The van der Waals surface area contributed by atoms with E-state index in [2.05, 4.69) is 35.0 Å². The Morgan fingerprint density at radius 2 is 2.33 bits per heavy atom. The third kappa shape index (κ3) is 2.13. The lowest BCUT2D eigenvalue weighted by molar-refractivity contribution is -0.143. The number of nitrogens with zero attached hydrogens (tertiary/aromatic N) is 5. The molecule has 0 spiro atoms. The molecule has 2 aromatic rings. The molecular formula is C6H5N5O4. The Labute approximate surface area is 82.4 Å². The fourth-order valence-electron chi connectivity index (χ4n) is 0.783. The maximum atomic E-state index is 10.5. The number of carbonyl (C=O) groups is 1. The molecular weight excluding hydrogens is 206 g/mol. The topological polar surface area (TPSA) is 117 Å². The molecule has 0 N–H and O–H groups in total. The van der Waals surface area contributed by atoms with Crippen molar-refractivity contribution in [2.24, 2.45) is 0 Å². The second-order valence-electron chi connectivity index (χ2n) is 2.46. The van der Waals surface area contributed by atoms with Crippen molar-refractivity contribution in [1.29, 1.82) is 0 Å². The minimum Gasteiger partial charge on any atom is -0.456 e. The number of ether oxygens (including phenoxy) is 1. The van der Waals surface area contributed by atoms with Crippen molar-refractivity contribution in [3.63, 3.8) is 0 Å². The van der Waals surface area contributed by atoms with E-state index in [-0.39, 0.29) is 24.2 Å². The van der Waals surface area contributed by atoms with Crippen LogP contribution in [0, 0.1) is 0 Å². The van der Waals surface area contributed by atoms with E-state index in [9.17, 15) is 4.79 Å². The van der Waals surface area contributed by atoms with Gasteiger partial charge in [0, 0.05) is 6.92 Å². The minimum atomic E-state index is -0.436. The van der Waals surface area contributed by atoms with Crippen LogP contribution in [-0.4, -0.2) is 31.7 Å². The molecule has 0 aliphatic heterocycles. The normalized spacial score (nSPS) is 10.2. The molecule has 0 saturated heterocycles. The fraction of sp³-hybridized carbons (Fsp3) is 0.333. The smallest absolute Gasteiger partial charge is 0.319 e. The van der Waals surface area contributed by atoms with Crippen molar-refractivity contribution in [3.05, 3.63) is 5.89 Å². The standard InChI is InChI=1S/C6H5N5O4/c1-3(12)13-2-4-7-5(9-14-4)6-8-10-11-15-6/h2H2,1H3. The summed E-state index contributed by atoms with van der Waals surface area (Å²) < 4.78 is 14.0. The van der Waals surface area contributed by atoms with Gasteiger partial charge in [-0.15, -0.1) is 0 Å². The molecule has 2 heterocycles. The van der Waals surface area contributed by atoms with Crippen molar-refractivity contribution >= 4 is 5.97 Å². The van der Waals surface area contributed by atoms with Crippen LogP contribution in [0.5, 0.6) is 0 Å². The maximum absolute atomic E-state index is 10.5. The molecule has 15 heavy (non-hydrogen) atoms. The summed E-state index contributed by atoms with van der Waals surface area (Å²) in [6.45, 7) is 1.18. The van der Waals surface area contributed by atoms with Gasteiger partial charge >= 0.3 is 11.9 Å². The Bertz CT molecular complexity index is 450. The monoisotopic (exact) mass is 211 g/mol. The van der Waals surface area contributed by atoms with Gasteiger partial charge in [0.2, 0.25) is 0 Å². The van der Waals surface area contributed by atoms with Gasteiger partial charge in [-0.1, -0.05) is 10.3 Å². The van der Waals surface area contributed by atoms with Crippen molar-refractivity contribution in [2.75, 3.05) is 0 Å². The Hall–Kier alpha value is -2.32. The molecule has 0 aromatic carbocycles. The van der Waals surface area contributed by atoms with Gasteiger partial charge in [0.15, 0.2) is 6.61 Å². The first kappa shape index (κ1) is 9.24. The number of aromatic nitrogens is 5. The quantitative estimate of drug-likeness (QED) is 0.623. The van der Waals surface area contributed by atoms with Crippen molar-refractivity contribution in [2.45, 2.75) is 13.5 Å². The van der Waals surface area contributed by atoms with E-state index in [0.717, 1.165) is 0 Å². The van der Waals surface area contributed by atoms with Crippen LogP contribution in [0.15, 0.2) is 9.05 Å². The van der Waals surface area contributed by atoms with E-state index in [1.807, 2.05) is 0 Å². The second kappa shape index (κ2) is 3.82. The van der Waals surface area contributed by atoms with E-state index < -0.39 is 5.97 Å². The van der Waals surface area contributed by atoms with E-state index >= 15 is 0 Å². The van der Waals surface area contributed by atoms with Crippen LogP contribution >= 0.6 is 0 Å². The summed E-state index contributed by atoms with van der Waals surface area (Å²) in [7, 11) is 0. The molecule has 0 atom stereocenters. The summed E-state index contributed by atoms with van der Waals surface area (Å²) in [5.74, 6) is -0.164. The van der Waals surface area contributed by atoms with Crippen LogP contribution in [0.1, 0.15) is 12.8 Å². The highest BCUT2D eigenvalue weighted by Crippen LogP contribution is 2.10. The van der Waals surface area contributed by atoms with E-state index in [1.54, 1.807) is 0 Å². The van der Waals surface area contributed by atoms with Crippen molar-refractivity contribution in [1.82, 2.24) is 25.7 Å². The molecule has 9 heteroatoms. The van der Waals surface area contributed by atoms with Crippen LogP contribution in [0.4, 0.5) is 0 Å². The lowest BCUT2D eigenvalue weighted by Crippen LogP contribution is -1.98. The van der Waals surface area contributed by atoms with Gasteiger partial charge in [-0.2, -0.15) is 4.98 Å². The third-order valence-corrected chi connectivity index (χ3v) is 1.36. The Balaban J connectivity index is 2.08. The van der Waals surface area contributed by atoms with Crippen LogP contribution in [0.2, 0.25) is 0 Å². The summed E-state index contributed by atoms with van der Waals surface area (Å²) in [6.07, 6.45) is 0. The van der Waals surface area contributed by atoms with Crippen molar-refractivity contribution in [3.8, 4) is 11.7 Å². The third-order valence-electron chi connectivity index (χ3n) is 1.36. The first-order valence-corrected chi connectivity index (χ1v) is 3.87. The second-order valence-corrected chi connectivity index (χ2v) is 2.46. The predicted octanol–water partition coefficient (Wildman–Crippen LogP) is -0.422. The van der Waals surface area contributed by atoms with Gasteiger partial charge in [0.25, 0.3) is 11.7 Å². The van der Waals surface area contributed by atoms with Crippen LogP contribution < -0.4 is 0 Å². The maximum Gasteiger partial charge on any atom is 0.319 e. The summed E-state index contributed by atoms with van der Waals surface area (Å²) in [4.78, 5) is 14.3. The summed E-state index contributed by atoms with van der Waals surface area (Å²) in [5, 5.41) is 13.3. The predicted molar refractivity (Wildman–Crippen MR) is 40.9 cm³/mol. The zero-order chi connectivity index (χ0) is 10.7. The lowest BCUT2D eigenvalue weighted by Gasteiger charge is -1.93. The zero-order valence-corrected chi connectivity index (χ0v) is 7.58. The van der Waals surface area contributed by atoms with Crippen LogP contribution in [0.3, 0.4) is 0 Å². The lowest BCUT2D eigenvalue weighted by atomic mass is 10.6. The van der Waals surface area contributed by atoms with E-state index in [4.69, 9.17) is 4.52 Å². The van der Waals surface area contributed by atoms with Crippen LogP contribution in [0.25, 0.3) is 11.7 Å². The van der Waals surface area contributed by atoms with Crippen molar-refractivity contribution < 1.29 is 18.6 Å². The fourth-order valence-corrected chi connectivity index (χ4v) is 0.783. The molecule has 2 rings (SSSR count). The van der Waals surface area contributed by atoms with E-state index in [0.29, 0.717) is 0 Å². The van der Waals surface area contributed by atoms with Gasteiger partial charge < -0.3 is 13.8 Å². The molecule has 0 fully saturated rings. The largest absolute Gasteiger partial charge is 0.456 e. The van der Waals surface area contributed by atoms with Gasteiger partial charge in [-0.05, 0) is 5.21 Å². The molecule has 0 aliphatic rings. The van der Waals surface area contributed by atoms with Gasteiger partial charge in [0.05, 0.1) is 5.27 Å². The molecule has 0 aliphatic carbocycles. The van der Waals surface area contributed by atoms with Crippen LogP contribution in [-0.2, 0) is 16.1 Å². The number of esters is 1.